The Morgan fingerprint density at radius 3 is 2.92 bits per heavy atom. The van der Waals surface area contributed by atoms with Gasteiger partial charge in [0.15, 0.2) is 0 Å². The van der Waals surface area contributed by atoms with E-state index in [1.165, 1.54) is 0 Å². The Kier molecular flexibility index (Phi) is 4.22. The van der Waals surface area contributed by atoms with Crippen LogP contribution >= 0.6 is 11.3 Å². The number of ether oxygens (including phenoxy) is 1. The van der Waals surface area contributed by atoms with E-state index in [1.54, 1.807) is 17.6 Å². The van der Waals surface area contributed by atoms with Crippen LogP contribution in [0.5, 0.6) is 0 Å². The Balaban J connectivity index is 1.30. The van der Waals surface area contributed by atoms with Crippen LogP contribution in [-0.4, -0.2) is 65.9 Å². The van der Waals surface area contributed by atoms with E-state index in [0.29, 0.717) is 13.2 Å². The monoisotopic (exact) mass is 363 g/mol. The van der Waals surface area contributed by atoms with E-state index in [0.717, 1.165) is 35.5 Å². The summed E-state index contributed by atoms with van der Waals surface area (Å²) < 4.78 is 11.3. The van der Waals surface area contributed by atoms with Gasteiger partial charge in [-0.3, -0.25) is 9.69 Å². The fourth-order valence-corrected chi connectivity index (χ4v) is 4.05. The lowest BCUT2D eigenvalue weighted by molar-refractivity contribution is -0.157. The number of nitrogens with zero attached hydrogens (tertiary/aromatic N) is 4. The van der Waals surface area contributed by atoms with E-state index in [-0.39, 0.29) is 17.6 Å². The van der Waals surface area contributed by atoms with Gasteiger partial charge in [-0.1, -0.05) is 11.3 Å². The molecule has 9 heteroatoms. The summed E-state index contributed by atoms with van der Waals surface area (Å²) in [6.45, 7) is 5.03. The zero-order valence-corrected chi connectivity index (χ0v) is 15.1. The van der Waals surface area contributed by atoms with Crippen LogP contribution in [0.25, 0.3) is 0 Å². The molecule has 4 heterocycles. The summed E-state index contributed by atoms with van der Waals surface area (Å²) in [5, 5.41) is 13.0. The summed E-state index contributed by atoms with van der Waals surface area (Å²) in [5.41, 5.74) is -0.216. The van der Waals surface area contributed by atoms with Crippen molar-refractivity contribution in [2.75, 3.05) is 38.2 Å². The maximum Gasteiger partial charge on any atom is 0.240 e. The normalized spacial score (nSPS) is 22.8. The Bertz CT molecular complexity index is 741. The highest BCUT2D eigenvalue weighted by Crippen LogP contribution is 2.35. The number of rotatable bonds is 4. The second-order valence-electron chi connectivity index (χ2n) is 6.68. The van der Waals surface area contributed by atoms with Crippen molar-refractivity contribution in [1.29, 1.82) is 0 Å². The van der Waals surface area contributed by atoms with Gasteiger partial charge in [0.1, 0.15) is 22.4 Å². The molecule has 0 bridgehead atoms. The van der Waals surface area contributed by atoms with E-state index in [9.17, 15) is 4.79 Å². The van der Waals surface area contributed by atoms with Gasteiger partial charge in [0.05, 0.1) is 32.5 Å². The molecule has 2 aliphatic heterocycles. The third-order valence-corrected chi connectivity index (χ3v) is 5.58. The fourth-order valence-electron chi connectivity index (χ4n) is 3.36. The van der Waals surface area contributed by atoms with Crippen molar-refractivity contribution in [3.8, 4) is 0 Å². The van der Waals surface area contributed by atoms with Crippen molar-refractivity contribution in [3.05, 3.63) is 29.2 Å². The number of anilines is 1. The molecule has 2 aliphatic rings. The SMILES string of the molecule is Cc1nnc(N2CC3(C2)CN(C)C(C(=O)NCc2ccco2)CO3)s1. The second kappa shape index (κ2) is 6.40. The van der Waals surface area contributed by atoms with E-state index in [1.807, 2.05) is 26.1 Å². The highest BCUT2D eigenvalue weighted by Gasteiger charge is 2.50. The molecule has 0 aromatic carbocycles. The van der Waals surface area contributed by atoms with Gasteiger partial charge >= 0.3 is 0 Å². The lowest BCUT2D eigenvalue weighted by Crippen LogP contribution is -2.72. The lowest BCUT2D eigenvalue weighted by Gasteiger charge is -2.54. The van der Waals surface area contributed by atoms with Crippen molar-refractivity contribution in [2.45, 2.75) is 25.1 Å². The number of aromatic nitrogens is 2. The maximum absolute atomic E-state index is 12.4. The van der Waals surface area contributed by atoms with Crippen molar-refractivity contribution < 1.29 is 13.9 Å². The molecule has 1 amide bonds. The number of hydrogen-bond donors (Lipinski definition) is 1. The molecule has 134 valence electrons. The van der Waals surface area contributed by atoms with E-state index < -0.39 is 0 Å². The standard InChI is InChI=1S/C16H21N5O3S/c1-11-18-19-15(25-11)21-9-16(10-21)8-20(2)13(7-24-16)14(22)17-6-12-4-3-5-23-12/h3-5,13H,6-10H2,1-2H3,(H,17,22). The van der Waals surface area contributed by atoms with Crippen LogP contribution in [0.15, 0.2) is 22.8 Å². The lowest BCUT2D eigenvalue weighted by atomic mass is 9.91. The molecule has 2 aromatic rings. The van der Waals surface area contributed by atoms with Crippen molar-refractivity contribution in [3.63, 3.8) is 0 Å². The highest BCUT2D eigenvalue weighted by molar-refractivity contribution is 7.15. The van der Waals surface area contributed by atoms with Gasteiger partial charge in [0, 0.05) is 6.54 Å². The van der Waals surface area contributed by atoms with E-state index in [4.69, 9.17) is 9.15 Å². The minimum Gasteiger partial charge on any atom is -0.467 e. The molecule has 2 aromatic heterocycles. The third-order valence-electron chi connectivity index (χ3n) is 4.68. The topological polar surface area (TPSA) is 83.7 Å². The maximum atomic E-state index is 12.4. The number of furan rings is 1. The summed E-state index contributed by atoms with van der Waals surface area (Å²) in [6.07, 6.45) is 1.60. The predicted octanol–water partition coefficient (Wildman–Crippen LogP) is 0.645. The average molecular weight is 363 g/mol. The molecule has 2 fully saturated rings. The molecule has 1 N–H and O–H groups in total. The molecular weight excluding hydrogens is 342 g/mol. The number of likely N-dealkylation sites (N-methyl/N-ethyl adjacent to an activating group) is 1. The Morgan fingerprint density at radius 2 is 2.28 bits per heavy atom. The first-order valence-electron chi connectivity index (χ1n) is 8.24. The van der Waals surface area contributed by atoms with E-state index >= 15 is 0 Å². The molecule has 1 spiro atoms. The summed E-state index contributed by atoms with van der Waals surface area (Å²) in [4.78, 5) is 16.7. The molecule has 1 unspecified atom stereocenters. The van der Waals surface area contributed by atoms with Gasteiger partial charge in [0.25, 0.3) is 0 Å². The first-order valence-corrected chi connectivity index (χ1v) is 9.06. The third kappa shape index (κ3) is 3.26. The van der Waals surface area contributed by atoms with Gasteiger partial charge in [-0.25, -0.2) is 0 Å². The zero-order valence-electron chi connectivity index (χ0n) is 14.3. The number of carbonyl (C=O) groups is 1. The van der Waals surface area contributed by atoms with Crippen LogP contribution in [0.3, 0.4) is 0 Å². The second-order valence-corrected chi connectivity index (χ2v) is 7.84. The molecule has 0 aliphatic carbocycles. The zero-order chi connectivity index (χ0) is 17.4. The molecule has 0 saturated carbocycles. The quantitative estimate of drug-likeness (QED) is 0.854. The van der Waals surface area contributed by atoms with Crippen LogP contribution in [0.2, 0.25) is 0 Å². The number of carbonyl (C=O) groups excluding carboxylic acids is 1. The van der Waals surface area contributed by atoms with Crippen LogP contribution in [-0.2, 0) is 16.1 Å². The number of morpholine rings is 1. The molecule has 4 rings (SSSR count). The summed E-state index contributed by atoms with van der Waals surface area (Å²) in [6, 6.07) is 3.37. The smallest absolute Gasteiger partial charge is 0.240 e. The van der Waals surface area contributed by atoms with E-state index in [2.05, 4.69) is 25.3 Å². The van der Waals surface area contributed by atoms with Crippen LogP contribution in [0.1, 0.15) is 10.8 Å². The van der Waals surface area contributed by atoms with Crippen molar-refractivity contribution >= 4 is 22.4 Å². The first-order chi connectivity index (χ1) is 12.0. The van der Waals surface area contributed by atoms with Gasteiger partial charge < -0.3 is 19.4 Å². The van der Waals surface area contributed by atoms with Crippen LogP contribution < -0.4 is 10.2 Å². The van der Waals surface area contributed by atoms with Crippen molar-refractivity contribution in [1.82, 2.24) is 20.4 Å². The van der Waals surface area contributed by atoms with Gasteiger partial charge in [-0.05, 0) is 26.1 Å². The Morgan fingerprint density at radius 1 is 1.44 bits per heavy atom. The van der Waals surface area contributed by atoms with Gasteiger partial charge in [-0.15, -0.1) is 10.2 Å². The molecule has 0 radical (unpaired) electrons. The van der Waals surface area contributed by atoms with Crippen LogP contribution in [0, 0.1) is 6.92 Å². The predicted molar refractivity (Wildman–Crippen MR) is 92.5 cm³/mol. The number of hydrogen-bond acceptors (Lipinski definition) is 8. The minimum absolute atomic E-state index is 0.0373. The number of amides is 1. The largest absolute Gasteiger partial charge is 0.467 e. The molecule has 8 nitrogen and oxygen atoms in total. The fraction of sp³-hybridized carbons (Fsp3) is 0.562. The van der Waals surface area contributed by atoms with Crippen molar-refractivity contribution in [2.24, 2.45) is 0 Å². The van der Waals surface area contributed by atoms with Gasteiger partial charge in [0.2, 0.25) is 11.0 Å². The average Bonchev–Trinajstić information content (AvgIpc) is 3.21. The summed E-state index contributed by atoms with van der Waals surface area (Å²) in [7, 11) is 1.97. The van der Waals surface area contributed by atoms with Gasteiger partial charge in [-0.2, -0.15) is 0 Å². The first kappa shape index (κ1) is 16.5. The Labute approximate surface area is 149 Å². The summed E-state index contributed by atoms with van der Waals surface area (Å²) >= 11 is 1.59. The highest BCUT2D eigenvalue weighted by atomic mass is 32.1. The van der Waals surface area contributed by atoms with Crippen LogP contribution in [0.4, 0.5) is 5.13 Å². The number of aryl methyl sites for hydroxylation is 1. The minimum atomic E-state index is -0.279. The number of nitrogens with one attached hydrogen (secondary N) is 1. The Hall–Kier alpha value is -1.97. The summed E-state index contributed by atoms with van der Waals surface area (Å²) in [5.74, 6) is 0.705. The molecule has 2 saturated heterocycles. The molecule has 25 heavy (non-hydrogen) atoms. The molecular formula is C16H21N5O3S. The molecule has 1 atom stereocenters.